The predicted octanol–water partition coefficient (Wildman–Crippen LogP) is 4.40. The van der Waals surface area contributed by atoms with Crippen LogP contribution >= 0.6 is 0 Å². The lowest BCUT2D eigenvalue weighted by Gasteiger charge is -2.21. The Morgan fingerprint density at radius 2 is 1.65 bits per heavy atom. The monoisotopic (exact) mass is 408 g/mol. The third-order valence-corrected chi connectivity index (χ3v) is 5.02. The molecule has 1 N–H and O–H groups in total. The molecule has 2 aromatic carbocycles. The summed E-state index contributed by atoms with van der Waals surface area (Å²) < 4.78 is 7.35. The van der Waals surface area contributed by atoms with E-state index < -0.39 is 0 Å². The lowest BCUT2D eigenvalue weighted by atomic mass is 10.0. The Bertz CT molecular complexity index is 1300. The van der Waals surface area contributed by atoms with Crippen LogP contribution in [0.25, 0.3) is 17.0 Å². The van der Waals surface area contributed by atoms with E-state index >= 15 is 0 Å². The molecule has 3 heterocycles. The predicted molar refractivity (Wildman–Crippen MR) is 119 cm³/mol. The summed E-state index contributed by atoms with van der Waals surface area (Å²) >= 11 is 0. The molecule has 1 unspecified atom stereocenters. The zero-order valence-corrected chi connectivity index (χ0v) is 16.9. The number of hydrogen-bond acceptors (Lipinski definition) is 6. The number of anilines is 1. The second kappa shape index (κ2) is 8.23. The van der Waals surface area contributed by atoms with E-state index in [-0.39, 0.29) is 6.04 Å². The summed E-state index contributed by atoms with van der Waals surface area (Å²) in [6.07, 6.45) is 1.78. The third-order valence-electron chi connectivity index (χ3n) is 5.02. The number of nitrogens with zero attached hydrogens (tertiary/aromatic N) is 5. The van der Waals surface area contributed by atoms with Crippen LogP contribution in [0.3, 0.4) is 0 Å². The molecule has 5 aromatic rings. The van der Waals surface area contributed by atoms with Crippen molar-refractivity contribution in [1.29, 1.82) is 0 Å². The molecule has 0 bridgehead atoms. The number of rotatable bonds is 6. The molecule has 7 heteroatoms. The first-order chi connectivity index (χ1) is 15.3. The highest BCUT2D eigenvalue weighted by Gasteiger charge is 2.20. The Hall–Kier alpha value is -4.26. The first-order valence-corrected chi connectivity index (χ1v) is 9.92. The van der Waals surface area contributed by atoms with Gasteiger partial charge in [0.25, 0.3) is 0 Å². The van der Waals surface area contributed by atoms with E-state index in [0.29, 0.717) is 17.3 Å². The van der Waals surface area contributed by atoms with Gasteiger partial charge in [0.2, 0.25) is 0 Å². The van der Waals surface area contributed by atoms with Crippen LogP contribution in [0.1, 0.15) is 17.3 Å². The average Bonchev–Trinajstić information content (AvgIpc) is 3.27. The van der Waals surface area contributed by atoms with Crippen LogP contribution in [0.5, 0.6) is 5.75 Å². The molecule has 7 nitrogen and oxygen atoms in total. The van der Waals surface area contributed by atoms with Crippen LogP contribution < -0.4 is 10.1 Å². The van der Waals surface area contributed by atoms with Gasteiger partial charge in [0, 0.05) is 17.3 Å². The third kappa shape index (κ3) is 3.69. The van der Waals surface area contributed by atoms with Crippen molar-refractivity contribution >= 4 is 11.5 Å². The summed E-state index contributed by atoms with van der Waals surface area (Å²) in [7, 11) is 1.67. The van der Waals surface area contributed by atoms with Gasteiger partial charge in [-0.2, -0.15) is 4.52 Å². The molecule has 0 saturated carbocycles. The fourth-order valence-corrected chi connectivity index (χ4v) is 3.54. The van der Waals surface area contributed by atoms with Crippen LogP contribution in [-0.4, -0.2) is 31.9 Å². The molecule has 0 aliphatic heterocycles. The molecule has 0 saturated heterocycles. The van der Waals surface area contributed by atoms with Crippen molar-refractivity contribution in [3.05, 3.63) is 102 Å². The van der Waals surface area contributed by atoms with E-state index in [2.05, 4.69) is 20.5 Å². The van der Waals surface area contributed by atoms with Gasteiger partial charge in [-0.1, -0.05) is 54.6 Å². The van der Waals surface area contributed by atoms with Gasteiger partial charge in [-0.25, -0.2) is 0 Å². The van der Waals surface area contributed by atoms with Crippen molar-refractivity contribution < 1.29 is 4.74 Å². The molecule has 5 rings (SSSR count). The molecule has 1 atom stereocenters. The second-order valence-corrected chi connectivity index (χ2v) is 6.95. The Labute approximate surface area is 179 Å². The smallest absolute Gasteiger partial charge is 0.185 e. The summed E-state index contributed by atoms with van der Waals surface area (Å²) in [5.41, 5.74) is 3.46. The lowest BCUT2D eigenvalue weighted by Crippen LogP contribution is -2.16. The van der Waals surface area contributed by atoms with Gasteiger partial charge in [-0.15, -0.1) is 15.3 Å². The van der Waals surface area contributed by atoms with Crippen LogP contribution in [-0.2, 0) is 0 Å². The maximum Gasteiger partial charge on any atom is 0.185 e. The largest absolute Gasteiger partial charge is 0.496 e. The number of fused-ring (bicyclic) bond motifs is 1. The fraction of sp³-hybridized carbons (Fsp3) is 0.0833. The molecule has 0 amide bonds. The minimum atomic E-state index is -0.251. The van der Waals surface area contributed by atoms with Crippen molar-refractivity contribution in [1.82, 2.24) is 24.8 Å². The van der Waals surface area contributed by atoms with Crippen LogP contribution in [0.2, 0.25) is 0 Å². The zero-order chi connectivity index (χ0) is 21.0. The minimum Gasteiger partial charge on any atom is -0.496 e. The maximum absolute atomic E-state index is 5.61. The Morgan fingerprint density at radius 1 is 0.839 bits per heavy atom. The summed E-state index contributed by atoms with van der Waals surface area (Å²) in [4.78, 5) is 4.57. The Morgan fingerprint density at radius 3 is 2.45 bits per heavy atom. The van der Waals surface area contributed by atoms with E-state index in [1.807, 2.05) is 84.9 Å². The first kappa shape index (κ1) is 18.7. The Balaban J connectivity index is 1.58. The van der Waals surface area contributed by atoms with Gasteiger partial charge < -0.3 is 10.1 Å². The van der Waals surface area contributed by atoms with Gasteiger partial charge >= 0.3 is 0 Å². The van der Waals surface area contributed by atoms with E-state index in [1.54, 1.807) is 17.8 Å². The molecule has 0 aliphatic rings. The van der Waals surface area contributed by atoms with E-state index in [4.69, 9.17) is 9.84 Å². The van der Waals surface area contributed by atoms with Crippen molar-refractivity contribution in [2.45, 2.75) is 6.04 Å². The molecule has 0 aliphatic carbocycles. The normalized spacial score (nSPS) is 11.9. The lowest BCUT2D eigenvalue weighted by molar-refractivity contribution is 0.408. The number of hydrogen-bond donors (Lipinski definition) is 1. The second-order valence-electron chi connectivity index (χ2n) is 6.95. The van der Waals surface area contributed by atoms with Crippen LogP contribution in [0, 0.1) is 0 Å². The maximum atomic E-state index is 5.61. The molecular formula is C24H20N6O. The van der Waals surface area contributed by atoms with Crippen molar-refractivity contribution in [2.24, 2.45) is 0 Å². The van der Waals surface area contributed by atoms with E-state index in [9.17, 15) is 0 Å². The van der Waals surface area contributed by atoms with Gasteiger partial charge in [-0.3, -0.25) is 4.98 Å². The van der Waals surface area contributed by atoms with Gasteiger partial charge in [0.05, 0.1) is 18.8 Å². The minimum absolute atomic E-state index is 0.251. The molecule has 0 radical (unpaired) electrons. The standard InChI is InChI=1S/C24H20N6O/c1-31-20-13-6-5-11-18(20)23(19-12-7-8-16-25-19)26-21-14-15-22-27-28-24(30(22)29-21)17-9-3-2-4-10-17/h2-16,23H,1H3,(H,26,29). The van der Waals surface area contributed by atoms with E-state index in [0.717, 1.165) is 22.6 Å². The molecule has 0 spiro atoms. The van der Waals surface area contributed by atoms with Crippen molar-refractivity contribution in [2.75, 3.05) is 12.4 Å². The SMILES string of the molecule is COc1ccccc1C(Nc1ccc2nnc(-c3ccccc3)n2n1)c1ccccn1. The molecule has 152 valence electrons. The topological polar surface area (TPSA) is 77.2 Å². The number of nitrogens with one attached hydrogen (secondary N) is 1. The number of pyridine rings is 1. The number of ether oxygens (including phenoxy) is 1. The summed E-state index contributed by atoms with van der Waals surface area (Å²) in [5.74, 6) is 2.14. The number of benzene rings is 2. The van der Waals surface area contributed by atoms with Crippen LogP contribution in [0.15, 0.2) is 91.1 Å². The van der Waals surface area contributed by atoms with Gasteiger partial charge in [0.15, 0.2) is 11.5 Å². The molecular weight excluding hydrogens is 388 g/mol. The fourth-order valence-electron chi connectivity index (χ4n) is 3.54. The number of aromatic nitrogens is 5. The highest BCUT2D eigenvalue weighted by atomic mass is 16.5. The number of methoxy groups -OCH3 is 1. The summed E-state index contributed by atoms with van der Waals surface area (Å²) in [6.45, 7) is 0. The molecule has 3 aromatic heterocycles. The average molecular weight is 408 g/mol. The zero-order valence-electron chi connectivity index (χ0n) is 16.9. The van der Waals surface area contributed by atoms with Crippen LogP contribution in [0.4, 0.5) is 5.82 Å². The van der Waals surface area contributed by atoms with Gasteiger partial charge in [-0.05, 0) is 30.3 Å². The molecule has 0 fully saturated rings. The van der Waals surface area contributed by atoms with Gasteiger partial charge in [0.1, 0.15) is 11.6 Å². The van der Waals surface area contributed by atoms with E-state index in [1.165, 1.54) is 0 Å². The highest BCUT2D eigenvalue weighted by Crippen LogP contribution is 2.31. The number of para-hydroxylation sites is 1. The van der Waals surface area contributed by atoms with Crippen molar-refractivity contribution in [3.8, 4) is 17.1 Å². The Kier molecular flexibility index (Phi) is 4.98. The first-order valence-electron chi connectivity index (χ1n) is 9.92. The van der Waals surface area contributed by atoms with Crippen molar-refractivity contribution in [3.63, 3.8) is 0 Å². The summed E-state index contributed by atoms with van der Waals surface area (Å²) in [5, 5.41) is 16.9. The highest BCUT2D eigenvalue weighted by molar-refractivity contribution is 5.59. The molecule has 31 heavy (non-hydrogen) atoms. The quantitative estimate of drug-likeness (QED) is 0.449. The summed E-state index contributed by atoms with van der Waals surface area (Å²) in [6, 6.07) is 27.2.